The minimum absolute atomic E-state index is 0.133. The van der Waals surface area contributed by atoms with Gasteiger partial charge in [0.15, 0.2) is 0 Å². The summed E-state index contributed by atoms with van der Waals surface area (Å²) < 4.78 is 0. The average molecular weight is 550 g/mol. The predicted molar refractivity (Wildman–Crippen MR) is 160 cm³/mol. The molecular formula is C30H43N7O3. The van der Waals surface area contributed by atoms with Gasteiger partial charge in [0.05, 0.1) is 23.0 Å². The van der Waals surface area contributed by atoms with Crippen LogP contribution in [0.5, 0.6) is 0 Å². The second-order valence-corrected chi connectivity index (χ2v) is 9.78. The molecule has 1 aromatic carbocycles. The fourth-order valence-corrected chi connectivity index (χ4v) is 5.15. The van der Waals surface area contributed by atoms with Crippen LogP contribution in [-0.2, 0) is 9.59 Å². The zero-order valence-corrected chi connectivity index (χ0v) is 24.2. The molecule has 40 heavy (non-hydrogen) atoms. The minimum Gasteiger partial charge on any atom is -0.367 e. The van der Waals surface area contributed by atoms with Gasteiger partial charge in [-0.05, 0) is 51.1 Å². The lowest BCUT2D eigenvalue weighted by Crippen LogP contribution is -2.49. The van der Waals surface area contributed by atoms with Crippen molar-refractivity contribution in [3.8, 4) is 0 Å². The number of hydrogen-bond donors (Lipinski definition) is 2. The number of piperazine rings is 1. The maximum atomic E-state index is 12.8. The molecule has 2 amide bonds. The van der Waals surface area contributed by atoms with E-state index in [-0.39, 0.29) is 11.5 Å². The maximum Gasteiger partial charge on any atom is 0.272 e. The van der Waals surface area contributed by atoms with Gasteiger partial charge in [0, 0.05) is 63.2 Å². The van der Waals surface area contributed by atoms with E-state index >= 15 is 0 Å². The highest BCUT2D eigenvalue weighted by Crippen LogP contribution is 2.30. The fraction of sp³-hybridized carbons (Fsp3) is 0.500. The SMILES string of the molecule is CC.CNC=O.Cc1ccc(N2CCN(C(=O)CCN3CCC(c4n[nH]c(=O)c5ccccc45)CC3)CC2)cn1. The van der Waals surface area contributed by atoms with Crippen LogP contribution in [0.25, 0.3) is 10.8 Å². The van der Waals surface area contributed by atoms with Crippen LogP contribution in [-0.4, -0.2) is 90.2 Å². The van der Waals surface area contributed by atoms with Crippen LogP contribution in [0.2, 0.25) is 0 Å². The number of amides is 2. The van der Waals surface area contributed by atoms with Crippen molar-refractivity contribution in [2.24, 2.45) is 0 Å². The Morgan fingerprint density at radius 2 is 1.68 bits per heavy atom. The number of aromatic amines is 1. The number of hydrogen-bond acceptors (Lipinski definition) is 7. The van der Waals surface area contributed by atoms with Crippen LogP contribution >= 0.6 is 0 Å². The van der Waals surface area contributed by atoms with Gasteiger partial charge in [0.25, 0.3) is 5.56 Å². The first-order chi connectivity index (χ1) is 19.5. The number of H-pyrrole nitrogens is 1. The molecule has 216 valence electrons. The summed E-state index contributed by atoms with van der Waals surface area (Å²) in [6.07, 6.45) is 5.08. The van der Waals surface area contributed by atoms with Gasteiger partial charge in [-0.25, -0.2) is 5.10 Å². The first-order valence-corrected chi connectivity index (χ1v) is 14.3. The highest BCUT2D eigenvalue weighted by molar-refractivity contribution is 5.83. The molecule has 0 bridgehead atoms. The quantitative estimate of drug-likeness (QED) is 0.455. The van der Waals surface area contributed by atoms with Gasteiger partial charge >= 0.3 is 0 Å². The van der Waals surface area contributed by atoms with Gasteiger partial charge in [0.1, 0.15) is 0 Å². The van der Waals surface area contributed by atoms with E-state index in [1.54, 1.807) is 7.05 Å². The predicted octanol–water partition coefficient (Wildman–Crippen LogP) is 2.93. The Hall–Kier alpha value is -3.79. The van der Waals surface area contributed by atoms with E-state index in [0.29, 0.717) is 24.1 Å². The van der Waals surface area contributed by atoms with Crippen LogP contribution in [0.3, 0.4) is 0 Å². The van der Waals surface area contributed by atoms with Gasteiger partial charge in [-0.15, -0.1) is 0 Å². The third kappa shape index (κ3) is 8.11. The number of benzene rings is 1. The van der Waals surface area contributed by atoms with Crippen molar-refractivity contribution in [1.82, 2.24) is 30.3 Å². The molecule has 0 aliphatic carbocycles. The molecule has 5 rings (SSSR count). The Morgan fingerprint density at radius 1 is 1.02 bits per heavy atom. The Labute approximate surface area is 236 Å². The normalized spacial score (nSPS) is 15.9. The number of aromatic nitrogens is 3. The van der Waals surface area contributed by atoms with Crippen molar-refractivity contribution >= 4 is 28.8 Å². The summed E-state index contributed by atoms with van der Waals surface area (Å²) in [5, 5.41) is 11.0. The number of anilines is 1. The van der Waals surface area contributed by atoms with E-state index in [1.807, 2.05) is 62.2 Å². The third-order valence-corrected chi connectivity index (χ3v) is 7.35. The smallest absolute Gasteiger partial charge is 0.272 e. The first kappa shape index (κ1) is 30.7. The van der Waals surface area contributed by atoms with Crippen molar-refractivity contribution in [3.63, 3.8) is 0 Å². The Bertz CT molecular complexity index is 1260. The van der Waals surface area contributed by atoms with Crippen LogP contribution in [0, 0.1) is 6.92 Å². The standard InChI is InChI=1S/C26H32N6O2.C2H5NO.C2H6/c1-19-6-7-21(18-27-19)31-14-16-32(17-15-31)24(33)10-13-30-11-8-20(9-12-30)25-22-4-2-3-5-23(22)26(34)29-28-25;1-3-2-4;1-2/h2-7,18,20H,8-17H2,1H3,(H,29,34);2H,1H3,(H,3,4);1-2H3. The van der Waals surface area contributed by atoms with Gasteiger partial charge in [-0.3, -0.25) is 19.4 Å². The van der Waals surface area contributed by atoms with E-state index in [2.05, 4.69) is 36.4 Å². The molecule has 4 heterocycles. The lowest BCUT2D eigenvalue weighted by atomic mass is 9.90. The van der Waals surface area contributed by atoms with Crippen LogP contribution in [0.1, 0.15) is 50.4 Å². The monoisotopic (exact) mass is 549 g/mol. The molecular weight excluding hydrogens is 506 g/mol. The number of nitrogens with one attached hydrogen (secondary N) is 2. The fourth-order valence-electron chi connectivity index (χ4n) is 5.15. The number of nitrogens with zero attached hydrogens (tertiary/aromatic N) is 5. The maximum absolute atomic E-state index is 12.8. The summed E-state index contributed by atoms with van der Waals surface area (Å²) >= 11 is 0. The number of carbonyl (C=O) groups is 2. The van der Waals surface area contributed by atoms with E-state index in [0.717, 1.165) is 81.1 Å². The molecule has 2 saturated heterocycles. The molecule has 2 aliphatic rings. The minimum atomic E-state index is -0.133. The number of aryl methyl sites for hydroxylation is 1. The molecule has 2 aromatic heterocycles. The third-order valence-electron chi connectivity index (χ3n) is 7.35. The topological polar surface area (TPSA) is 115 Å². The van der Waals surface area contributed by atoms with Crippen LogP contribution in [0.15, 0.2) is 47.4 Å². The van der Waals surface area contributed by atoms with Crippen molar-refractivity contribution in [3.05, 3.63) is 64.3 Å². The number of pyridine rings is 1. The molecule has 2 N–H and O–H groups in total. The first-order valence-electron chi connectivity index (χ1n) is 14.3. The van der Waals surface area contributed by atoms with E-state index in [9.17, 15) is 9.59 Å². The van der Waals surface area contributed by atoms with Crippen molar-refractivity contribution in [2.75, 3.05) is 57.8 Å². The van der Waals surface area contributed by atoms with Crippen molar-refractivity contribution in [1.29, 1.82) is 0 Å². The van der Waals surface area contributed by atoms with Crippen molar-refractivity contribution in [2.45, 2.75) is 46.0 Å². The molecule has 10 heteroatoms. The highest BCUT2D eigenvalue weighted by Gasteiger charge is 2.26. The highest BCUT2D eigenvalue weighted by atomic mass is 16.2. The second kappa shape index (κ2) is 15.7. The number of carbonyl (C=O) groups excluding carboxylic acids is 2. The van der Waals surface area contributed by atoms with Gasteiger partial charge in [-0.2, -0.15) is 5.10 Å². The van der Waals surface area contributed by atoms with E-state index in [4.69, 9.17) is 4.79 Å². The summed E-state index contributed by atoms with van der Waals surface area (Å²) in [4.78, 5) is 45.0. The largest absolute Gasteiger partial charge is 0.367 e. The van der Waals surface area contributed by atoms with E-state index in [1.165, 1.54) is 0 Å². The van der Waals surface area contributed by atoms with Crippen molar-refractivity contribution < 1.29 is 9.59 Å². The number of rotatable bonds is 6. The second-order valence-electron chi connectivity index (χ2n) is 9.78. The van der Waals surface area contributed by atoms with Gasteiger partial charge in [0.2, 0.25) is 12.3 Å². The summed E-state index contributed by atoms with van der Waals surface area (Å²) in [5.41, 5.74) is 3.01. The molecule has 3 aromatic rings. The molecule has 0 saturated carbocycles. The number of likely N-dealkylation sites (tertiary alicyclic amines) is 1. The molecule has 10 nitrogen and oxygen atoms in total. The van der Waals surface area contributed by atoms with Gasteiger partial charge < -0.3 is 20.0 Å². The lowest BCUT2D eigenvalue weighted by molar-refractivity contribution is -0.131. The van der Waals surface area contributed by atoms with E-state index < -0.39 is 0 Å². The summed E-state index contributed by atoms with van der Waals surface area (Å²) in [7, 11) is 1.56. The zero-order valence-electron chi connectivity index (χ0n) is 24.2. The van der Waals surface area contributed by atoms with Crippen LogP contribution < -0.4 is 15.8 Å². The van der Waals surface area contributed by atoms with Gasteiger partial charge in [-0.1, -0.05) is 32.0 Å². The summed E-state index contributed by atoms with van der Waals surface area (Å²) in [5.74, 6) is 0.579. The Morgan fingerprint density at radius 3 is 2.27 bits per heavy atom. The lowest BCUT2D eigenvalue weighted by Gasteiger charge is -2.37. The summed E-state index contributed by atoms with van der Waals surface area (Å²) in [6, 6.07) is 11.8. The Balaban J connectivity index is 0.000000677. The Kier molecular flexibility index (Phi) is 12.1. The zero-order chi connectivity index (χ0) is 28.9. The number of piperidine rings is 1. The molecule has 2 aliphatic heterocycles. The molecule has 0 radical (unpaired) electrons. The molecule has 0 unspecified atom stereocenters. The van der Waals surface area contributed by atoms with Crippen LogP contribution in [0.4, 0.5) is 5.69 Å². The molecule has 2 fully saturated rings. The molecule has 0 atom stereocenters. The average Bonchev–Trinajstić information content (AvgIpc) is 3.02. The molecule has 0 spiro atoms. The number of fused-ring (bicyclic) bond motifs is 1. The summed E-state index contributed by atoms with van der Waals surface area (Å²) in [6.45, 7) is 11.9.